The SMILES string of the molecule is CC(OC(=O)C1=C(CSc2nnnn2CCN(C)C)CS[C@H]2[C@H](NC(=O)Cc3csc(N)n3)C(=O)N12)OC(=O)C1CCC1. The number of hydrogen-bond donors (Lipinski definition) is 2. The molecular formula is C25H33N9O6S3. The molecule has 232 valence electrons. The number of rotatable bonds is 13. The Labute approximate surface area is 260 Å². The van der Waals surface area contributed by atoms with Crippen LogP contribution in [0.4, 0.5) is 5.13 Å². The Bertz CT molecular complexity index is 1410. The van der Waals surface area contributed by atoms with Crippen molar-refractivity contribution in [2.75, 3.05) is 37.9 Å². The first-order valence-corrected chi connectivity index (χ1v) is 16.6. The Hall–Kier alpha value is -3.22. The fraction of sp³-hybridized carbons (Fsp3) is 0.600. The van der Waals surface area contributed by atoms with Crippen LogP contribution in [0.1, 0.15) is 31.9 Å². The molecule has 18 heteroatoms. The highest BCUT2D eigenvalue weighted by atomic mass is 32.2. The normalized spacial score (nSPS) is 20.7. The lowest BCUT2D eigenvalue weighted by molar-refractivity contribution is -0.188. The summed E-state index contributed by atoms with van der Waals surface area (Å²) in [4.78, 5) is 59.3. The largest absolute Gasteiger partial charge is 0.425 e. The summed E-state index contributed by atoms with van der Waals surface area (Å²) in [6.07, 6.45) is 1.32. The third-order valence-electron chi connectivity index (χ3n) is 7.10. The molecule has 2 amide bonds. The van der Waals surface area contributed by atoms with E-state index in [9.17, 15) is 19.2 Å². The zero-order valence-electron chi connectivity index (χ0n) is 23.9. The van der Waals surface area contributed by atoms with Crippen molar-refractivity contribution >= 4 is 63.7 Å². The summed E-state index contributed by atoms with van der Waals surface area (Å²) in [5, 5.41) is 16.8. The number of amides is 2. The van der Waals surface area contributed by atoms with Gasteiger partial charge in [-0.05, 0) is 42.9 Å². The summed E-state index contributed by atoms with van der Waals surface area (Å²) < 4.78 is 12.6. The van der Waals surface area contributed by atoms with E-state index >= 15 is 0 Å². The number of nitrogens with two attached hydrogens (primary N) is 1. The van der Waals surface area contributed by atoms with E-state index < -0.39 is 35.6 Å². The molecule has 2 aromatic heterocycles. The van der Waals surface area contributed by atoms with E-state index in [0.717, 1.165) is 25.8 Å². The number of anilines is 1. The Morgan fingerprint density at radius 3 is 2.74 bits per heavy atom. The lowest BCUT2D eigenvalue weighted by atomic mass is 9.86. The molecule has 0 spiro atoms. The highest BCUT2D eigenvalue weighted by Gasteiger charge is 2.54. The number of tetrazole rings is 1. The van der Waals surface area contributed by atoms with Crippen LogP contribution in [0.2, 0.25) is 0 Å². The number of nitrogen functional groups attached to an aromatic ring is 1. The van der Waals surface area contributed by atoms with E-state index in [1.165, 1.54) is 46.7 Å². The number of thioether (sulfide) groups is 2. The molecule has 5 rings (SSSR count). The molecule has 1 unspecified atom stereocenters. The van der Waals surface area contributed by atoms with E-state index in [0.29, 0.717) is 39.6 Å². The smallest absolute Gasteiger partial charge is 0.358 e. The number of fused-ring (bicyclic) bond motifs is 1. The number of nitrogens with one attached hydrogen (secondary N) is 1. The predicted octanol–water partition coefficient (Wildman–Crippen LogP) is 0.495. The van der Waals surface area contributed by atoms with Gasteiger partial charge < -0.3 is 25.4 Å². The maximum atomic E-state index is 13.5. The molecule has 3 N–H and O–H groups in total. The fourth-order valence-electron chi connectivity index (χ4n) is 4.60. The van der Waals surface area contributed by atoms with Crippen LogP contribution < -0.4 is 11.1 Å². The molecule has 1 saturated heterocycles. The van der Waals surface area contributed by atoms with Crippen molar-refractivity contribution in [2.24, 2.45) is 5.92 Å². The zero-order chi connectivity index (χ0) is 30.7. The van der Waals surface area contributed by atoms with Gasteiger partial charge in [-0.25, -0.2) is 14.5 Å². The van der Waals surface area contributed by atoms with E-state index in [1.807, 2.05) is 19.0 Å². The number of esters is 2. The summed E-state index contributed by atoms with van der Waals surface area (Å²) in [6.45, 7) is 2.79. The van der Waals surface area contributed by atoms with E-state index in [2.05, 4.69) is 25.8 Å². The molecule has 1 saturated carbocycles. The Kier molecular flexibility index (Phi) is 9.88. The molecule has 0 radical (unpaired) electrons. The minimum Gasteiger partial charge on any atom is -0.425 e. The first-order valence-electron chi connectivity index (χ1n) is 13.7. The van der Waals surface area contributed by atoms with Crippen LogP contribution in [0.25, 0.3) is 0 Å². The Morgan fingerprint density at radius 2 is 2.07 bits per heavy atom. The van der Waals surface area contributed by atoms with Crippen LogP contribution in [0.15, 0.2) is 21.8 Å². The van der Waals surface area contributed by atoms with Crippen molar-refractivity contribution < 1.29 is 28.7 Å². The number of ether oxygens (including phenoxy) is 2. The first kappa shape index (κ1) is 31.2. The van der Waals surface area contributed by atoms with Gasteiger partial charge in [0, 0.05) is 30.4 Å². The van der Waals surface area contributed by atoms with Gasteiger partial charge >= 0.3 is 11.9 Å². The van der Waals surface area contributed by atoms with Gasteiger partial charge in [-0.15, -0.1) is 28.2 Å². The molecule has 2 aliphatic heterocycles. The second kappa shape index (κ2) is 13.6. The van der Waals surface area contributed by atoms with E-state index in [4.69, 9.17) is 15.2 Å². The maximum Gasteiger partial charge on any atom is 0.358 e. The Balaban J connectivity index is 1.30. The second-order valence-electron chi connectivity index (χ2n) is 10.6. The number of aromatic nitrogens is 5. The zero-order valence-corrected chi connectivity index (χ0v) is 26.4. The molecular weight excluding hydrogens is 619 g/mol. The van der Waals surface area contributed by atoms with Gasteiger partial charge in [0.2, 0.25) is 17.4 Å². The topological polar surface area (TPSA) is 188 Å². The highest BCUT2D eigenvalue weighted by molar-refractivity contribution is 8.01. The van der Waals surface area contributed by atoms with Crippen LogP contribution in [0.3, 0.4) is 0 Å². The van der Waals surface area contributed by atoms with Crippen LogP contribution in [0, 0.1) is 5.92 Å². The number of thiazole rings is 1. The highest BCUT2D eigenvalue weighted by Crippen LogP contribution is 2.42. The van der Waals surface area contributed by atoms with Crippen LogP contribution in [0.5, 0.6) is 0 Å². The average molecular weight is 652 g/mol. The summed E-state index contributed by atoms with van der Waals surface area (Å²) in [6, 6.07) is -0.822. The predicted molar refractivity (Wildman–Crippen MR) is 158 cm³/mol. The minimum absolute atomic E-state index is 0.0199. The lowest BCUT2D eigenvalue weighted by Gasteiger charge is -2.49. The molecule has 43 heavy (non-hydrogen) atoms. The van der Waals surface area contributed by atoms with Gasteiger partial charge in [0.1, 0.15) is 17.1 Å². The number of carbonyl (C=O) groups excluding carboxylic acids is 4. The fourth-order valence-corrected chi connectivity index (χ4v) is 7.55. The minimum atomic E-state index is -1.13. The molecule has 0 aromatic carbocycles. The number of hydrogen-bond acceptors (Lipinski definition) is 15. The van der Waals surface area contributed by atoms with Crippen LogP contribution >= 0.6 is 34.9 Å². The number of carbonyl (C=O) groups is 4. The molecule has 0 bridgehead atoms. The van der Waals surface area contributed by atoms with Crippen LogP contribution in [-0.4, -0.2) is 109 Å². The van der Waals surface area contributed by atoms with Crippen LogP contribution in [-0.2, 0) is 41.6 Å². The quantitative estimate of drug-likeness (QED) is 0.132. The van der Waals surface area contributed by atoms with Gasteiger partial charge in [0.15, 0.2) is 5.13 Å². The third-order valence-corrected chi connectivity index (χ3v) is 10.2. The van der Waals surface area contributed by atoms with E-state index in [1.54, 1.807) is 10.1 Å². The second-order valence-corrected chi connectivity index (χ2v) is 13.5. The lowest BCUT2D eigenvalue weighted by Crippen LogP contribution is -2.70. The van der Waals surface area contributed by atoms with Crippen molar-refractivity contribution in [2.45, 2.75) is 62.0 Å². The van der Waals surface area contributed by atoms with E-state index in [-0.39, 0.29) is 23.9 Å². The van der Waals surface area contributed by atoms with Gasteiger partial charge in [-0.2, -0.15) is 0 Å². The number of nitrogens with zero attached hydrogens (tertiary/aromatic N) is 7. The summed E-state index contributed by atoms with van der Waals surface area (Å²) in [5.41, 5.74) is 6.90. The molecule has 2 aromatic rings. The monoisotopic (exact) mass is 651 g/mol. The molecule has 1 aliphatic carbocycles. The molecule has 3 aliphatic rings. The maximum absolute atomic E-state index is 13.5. The molecule has 3 atom stereocenters. The molecule has 15 nitrogen and oxygen atoms in total. The average Bonchev–Trinajstić information content (AvgIpc) is 3.55. The van der Waals surface area contributed by atoms with Gasteiger partial charge in [-0.3, -0.25) is 19.3 Å². The van der Waals surface area contributed by atoms with Crippen molar-refractivity contribution in [3.8, 4) is 0 Å². The standard InChI is InChI=1S/C25H33N9O6S3/c1-13(39-22(37)14-5-4-6-14)40-23(38)19-15(11-43-25-29-30-31-33(25)8-7-32(2)3)10-41-21-18(20(36)34(19)21)28-17(35)9-16-12-42-24(26)27-16/h12-14,18,21H,4-11H2,1-3H3,(H2,26,27)(H,28,35)/t13?,18-,21+/m1/s1. The van der Waals surface area contributed by atoms with Gasteiger partial charge in [-0.1, -0.05) is 18.2 Å². The first-order chi connectivity index (χ1) is 20.6. The molecule has 4 heterocycles. The molecule has 2 fully saturated rings. The van der Waals surface area contributed by atoms with Gasteiger partial charge in [0.05, 0.1) is 24.6 Å². The Morgan fingerprint density at radius 1 is 1.28 bits per heavy atom. The summed E-state index contributed by atoms with van der Waals surface area (Å²) >= 11 is 4.00. The summed E-state index contributed by atoms with van der Waals surface area (Å²) in [5.74, 6) is -1.46. The van der Waals surface area contributed by atoms with Gasteiger partial charge in [0.25, 0.3) is 5.91 Å². The number of likely N-dealkylation sites (N-methyl/N-ethyl adjacent to an activating group) is 1. The number of β-lactam (4-membered cyclic amide) rings is 1. The van der Waals surface area contributed by atoms with Crippen molar-refractivity contribution in [3.05, 3.63) is 22.3 Å². The van der Waals surface area contributed by atoms with Crippen molar-refractivity contribution in [1.29, 1.82) is 0 Å². The van der Waals surface area contributed by atoms with Crippen molar-refractivity contribution in [3.63, 3.8) is 0 Å². The summed E-state index contributed by atoms with van der Waals surface area (Å²) in [7, 11) is 3.91. The third kappa shape index (κ3) is 7.30. The van der Waals surface area contributed by atoms with Crippen molar-refractivity contribution in [1.82, 2.24) is 40.3 Å².